The Morgan fingerprint density at radius 1 is 1.18 bits per heavy atom. The van der Waals surface area contributed by atoms with E-state index in [9.17, 15) is 14.0 Å². The van der Waals surface area contributed by atoms with E-state index < -0.39 is 11.7 Å². The molecule has 0 saturated heterocycles. The SMILES string of the molecule is O=C(Nc1ccncc1F)c1ccnc(NC(=O)C2CC2)c1. The van der Waals surface area contributed by atoms with E-state index in [1.165, 1.54) is 30.6 Å². The average Bonchev–Trinajstić information content (AvgIpc) is 3.34. The molecule has 112 valence electrons. The zero-order chi connectivity index (χ0) is 15.5. The van der Waals surface area contributed by atoms with Gasteiger partial charge < -0.3 is 10.6 Å². The van der Waals surface area contributed by atoms with Gasteiger partial charge in [-0.25, -0.2) is 9.37 Å². The molecule has 0 aliphatic heterocycles. The topological polar surface area (TPSA) is 84.0 Å². The lowest BCUT2D eigenvalue weighted by atomic mass is 10.2. The fourth-order valence-corrected chi connectivity index (χ4v) is 1.88. The van der Waals surface area contributed by atoms with Gasteiger partial charge in [0.25, 0.3) is 5.91 Å². The van der Waals surface area contributed by atoms with E-state index in [1.807, 2.05) is 0 Å². The van der Waals surface area contributed by atoms with Crippen molar-refractivity contribution in [3.63, 3.8) is 0 Å². The summed E-state index contributed by atoms with van der Waals surface area (Å²) in [5.74, 6) is -0.850. The first-order chi connectivity index (χ1) is 10.6. The molecule has 0 atom stereocenters. The number of anilines is 2. The maximum Gasteiger partial charge on any atom is 0.255 e. The molecule has 3 rings (SSSR count). The van der Waals surface area contributed by atoms with Crippen LogP contribution in [-0.4, -0.2) is 21.8 Å². The molecule has 22 heavy (non-hydrogen) atoms. The van der Waals surface area contributed by atoms with Gasteiger partial charge in [0.1, 0.15) is 5.82 Å². The molecule has 0 bridgehead atoms. The first-order valence-electron chi connectivity index (χ1n) is 6.81. The second-order valence-electron chi connectivity index (χ2n) is 5.00. The summed E-state index contributed by atoms with van der Waals surface area (Å²) >= 11 is 0. The van der Waals surface area contributed by atoms with Crippen LogP contribution >= 0.6 is 0 Å². The Labute approximate surface area is 125 Å². The number of nitrogens with one attached hydrogen (secondary N) is 2. The van der Waals surface area contributed by atoms with Crippen LogP contribution in [0.1, 0.15) is 23.2 Å². The summed E-state index contributed by atoms with van der Waals surface area (Å²) in [4.78, 5) is 31.4. The van der Waals surface area contributed by atoms with Crippen molar-refractivity contribution in [3.05, 3.63) is 48.2 Å². The van der Waals surface area contributed by atoms with E-state index in [2.05, 4.69) is 20.6 Å². The summed E-state index contributed by atoms with van der Waals surface area (Å²) in [6, 6.07) is 4.31. The molecule has 2 heterocycles. The van der Waals surface area contributed by atoms with Crippen LogP contribution in [0.3, 0.4) is 0 Å². The molecule has 1 aliphatic carbocycles. The van der Waals surface area contributed by atoms with Gasteiger partial charge in [-0.1, -0.05) is 0 Å². The van der Waals surface area contributed by atoms with Crippen molar-refractivity contribution in [1.29, 1.82) is 0 Å². The Morgan fingerprint density at radius 3 is 2.73 bits per heavy atom. The Bertz CT molecular complexity index is 731. The molecule has 1 saturated carbocycles. The van der Waals surface area contributed by atoms with Crippen LogP contribution in [0.4, 0.5) is 15.9 Å². The third-order valence-corrected chi connectivity index (χ3v) is 3.24. The van der Waals surface area contributed by atoms with E-state index in [0.717, 1.165) is 19.0 Å². The zero-order valence-electron chi connectivity index (χ0n) is 11.5. The van der Waals surface area contributed by atoms with Gasteiger partial charge in [0, 0.05) is 23.9 Å². The minimum atomic E-state index is -0.618. The molecule has 0 aromatic carbocycles. The van der Waals surface area contributed by atoms with E-state index in [-0.39, 0.29) is 23.1 Å². The molecule has 1 fully saturated rings. The lowest BCUT2D eigenvalue weighted by molar-refractivity contribution is -0.117. The highest BCUT2D eigenvalue weighted by atomic mass is 19.1. The van der Waals surface area contributed by atoms with Gasteiger partial charge in [-0.3, -0.25) is 14.6 Å². The van der Waals surface area contributed by atoms with Crippen molar-refractivity contribution < 1.29 is 14.0 Å². The van der Waals surface area contributed by atoms with Crippen molar-refractivity contribution in [1.82, 2.24) is 9.97 Å². The smallest absolute Gasteiger partial charge is 0.255 e. The number of carbonyl (C=O) groups excluding carboxylic acids is 2. The number of nitrogens with zero attached hydrogens (tertiary/aromatic N) is 2. The molecule has 1 aliphatic rings. The standard InChI is InChI=1S/C15H13FN4O2/c16-11-8-17-5-4-12(11)19-15(22)10-3-6-18-13(7-10)20-14(21)9-1-2-9/h3-9H,1-2H2,(H,17,19,22)(H,18,20,21). The summed E-state index contributed by atoms with van der Waals surface area (Å²) in [5, 5.41) is 5.11. The summed E-state index contributed by atoms with van der Waals surface area (Å²) in [6.45, 7) is 0. The number of aromatic nitrogens is 2. The van der Waals surface area contributed by atoms with Gasteiger partial charge in [0.2, 0.25) is 5.91 Å². The van der Waals surface area contributed by atoms with Crippen LogP contribution in [0.25, 0.3) is 0 Å². The minimum Gasteiger partial charge on any atom is -0.319 e. The van der Waals surface area contributed by atoms with E-state index in [0.29, 0.717) is 5.82 Å². The van der Waals surface area contributed by atoms with E-state index in [1.54, 1.807) is 0 Å². The van der Waals surface area contributed by atoms with Crippen LogP contribution in [0.2, 0.25) is 0 Å². The first kappa shape index (κ1) is 14.1. The largest absolute Gasteiger partial charge is 0.319 e. The summed E-state index contributed by atoms with van der Waals surface area (Å²) in [6.07, 6.45) is 5.58. The highest BCUT2D eigenvalue weighted by Gasteiger charge is 2.29. The quantitative estimate of drug-likeness (QED) is 0.906. The van der Waals surface area contributed by atoms with Crippen molar-refractivity contribution in [2.24, 2.45) is 5.92 Å². The molecule has 2 aromatic heterocycles. The second-order valence-corrected chi connectivity index (χ2v) is 5.00. The van der Waals surface area contributed by atoms with Crippen LogP contribution in [-0.2, 0) is 4.79 Å². The van der Waals surface area contributed by atoms with E-state index >= 15 is 0 Å². The molecule has 2 amide bonds. The van der Waals surface area contributed by atoms with Gasteiger partial charge in [-0.15, -0.1) is 0 Å². The molecular weight excluding hydrogens is 287 g/mol. The number of hydrogen-bond acceptors (Lipinski definition) is 4. The van der Waals surface area contributed by atoms with Crippen molar-refractivity contribution in [2.75, 3.05) is 10.6 Å². The number of rotatable bonds is 4. The average molecular weight is 300 g/mol. The van der Waals surface area contributed by atoms with Crippen molar-refractivity contribution in [3.8, 4) is 0 Å². The van der Waals surface area contributed by atoms with Gasteiger partial charge in [-0.2, -0.15) is 0 Å². The summed E-state index contributed by atoms with van der Waals surface area (Å²) < 4.78 is 13.5. The number of hydrogen-bond donors (Lipinski definition) is 2. The summed E-state index contributed by atoms with van der Waals surface area (Å²) in [5.41, 5.74) is 0.317. The molecular formula is C15H13FN4O2. The fourth-order valence-electron chi connectivity index (χ4n) is 1.88. The van der Waals surface area contributed by atoms with E-state index in [4.69, 9.17) is 0 Å². The lowest BCUT2D eigenvalue weighted by Gasteiger charge is -2.08. The van der Waals surface area contributed by atoms with Gasteiger partial charge in [0.05, 0.1) is 11.9 Å². The Balaban J connectivity index is 1.72. The second kappa shape index (κ2) is 5.88. The molecule has 0 spiro atoms. The third-order valence-electron chi connectivity index (χ3n) is 3.24. The van der Waals surface area contributed by atoms with Crippen LogP contribution < -0.4 is 10.6 Å². The maximum absolute atomic E-state index is 13.5. The van der Waals surface area contributed by atoms with Crippen molar-refractivity contribution in [2.45, 2.75) is 12.8 Å². The number of pyridine rings is 2. The molecule has 2 aromatic rings. The Kier molecular flexibility index (Phi) is 3.78. The van der Waals surface area contributed by atoms with Gasteiger partial charge in [-0.05, 0) is 31.0 Å². The van der Waals surface area contributed by atoms with Crippen molar-refractivity contribution >= 4 is 23.3 Å². The Morgan fingerprint density at radius 2 is 2.00 bits per heavy atom. The monoisotopic (exact) mass is 300 g/mol. The number of halogens is 1. The normalized spacial score (nSPS) is 13.5. The summed E-state index contributed by atoms with van der Waals surface area (Å²) in [7, 11) is 0. The van der Waals surface area contributed by atoms with Crippen LogP contribution in [0.5, 0.6) is 0 Å². The maximum atomic E-state index is 13.5. The fraction of sp³-hybridized carbons (Fsp3) is 0.200. The number of carbonyl (C=O) groups is 2. The minimum absolute atomic E-state index is 0.0420. The highest BCUT2D eigenvalue weighted by Crippen LogP contribution is 2.30. The highest BCUT2D eigenvalue weighted by molar-refractivity contribution is 6.05. The first-order valence-corrected chi connectivity index (χ1v) is 6.81. The third kappa shape index (κ3) is 3.25. The van der Waals surface area contributed by atoms with Crippen LogP contribution in [0.15, 0.2) is 36.8 Å². The molecule has 0 radical (unpaired) electrons. The van der Waals surface area contributed by atoms with Crippen LogP contribution in [0, 0.1) is 11.7 Å². The number of amides is 2. The molecule has 7 heteroatoms. The van der Waals surface area contributed by atoms with Gasteiger partial charge >= 0.3 is 0 Å². The molecule has 0 unspecified atom stereocenters. The predicted molar refractivity (Wildman–Crippen MR) is 77.7 cm³/mol. The molecule has 6 nitrogen and oxygen atoms in total. The van der Waals surface area contributed by atoms with Gasteiger partial charge in [0.15, 0.2) is 5.82 Å². The zero-order valence-corrected chi connectivity index (χ0v) is 11.5. The predicted octanol–water partition coefficient (Wildman–Crippen LogP) is 2.22. The lowest BCUT2D eigenvalue weighted by Crippen LogP contribution is -2.16. The Hall–Kier alpha value is -2.83. The molecule has 2 N–H and O–H groups in total.